The highest BCUT2D eigenvalue weighted by atomic mass is 32.1. The normalized spacial score (nSPS) is 26.7. The number of urea groups is 1. The molecule has 5 aliphatic rings. The maximum atomic E-state index is 13.5. The Bertz CT molecular complexity index is 1360. The Morgan fingerprint density at radius 1 is 0.949 bits per heavy atom. The molecule has 1 aromatic heterocycles. The Kier molecular flexibility index (Phi) is 6.14. The minimum atomic E-state index is -0.765. The number of amides is 3. The summed E-state index contributed by atoms with van der Waals surface area (Å²) in [7, 11) is 0. The molecule has 3 aromatic rings. The van der Waals surface area contributed by atoms with E-state index in [4.69, 9.17) is 9.47 Å². The molecular formula is C29H31N5O4S. The van der Waals surface area contributed by atoms with Gasteiger partial charge in [0.15, 0.2) is 11.5 Å². The predicted molar refractivity (Wildman–Crippen MR) is 147 cm³/mol. The van der Waals surface area contributed by atoms with Crippen molar-refractivity contribution in [3.63, 3.8) is 0 Å². The van der Waals surface area contributed by atoms with Gasteiger partial charge in [0.25, 0.3) is 0 Å². The van der Waals surface area contributed by atoms with E-state index in [9.17, 15) is 9.59 Å². The lowest BCUT2D eigenvalue weighted by Crippen LogP contribution is -2.62. The van der Waals surface area contributed by atoms with Crippen molar-refractivity contribution in [1.82, 2.24) is 20.8 Å². The van der Waals surface area contributed by atoms with Crippen molar-refractivity contribution in [3.05, 3.63) is 54.1 Å². The number of carbonyl (C=O) groups is 2. The average Bonchev–Trinajstić information content (AvgIpc) is 3.57. The van der Waals surface area contributed by atoms with Crippen LogP contribution < -0.4 is 25.4 Å². The molecule has 0 spiro atoms. The van der Waals surface area contributed by atoms with Crippen LogP contribution in [0.5, 0.6) is 11.5 Å². The Morgan fingerprint density at radius 2 is 1.67 bits per heavy atom. The summed E-state index contributed by atoms with van der Waals surface area (Å²) in [5, 5.41) is 18.6. The number of hydrogen-bond acceptors (Lipinski definition) is 7. The van der Waals surface area contributed by atoms with Crippen molar-refractivity contribution in [2.45, 2.75) is 56.5 Å². The van der Waals surface area contributed by atoms with Gasteiger partial charge in [-0.3, -0.25) is 10.1 Å². The lowest BCUT2D eigenvalue weighted by Gasteiger charge is -2.56. The fourth-order valence-corrected chi connectivity index (χ4v) is 8.11. The summed E-state index contributed by atoms with van der Waals surface area (Å²) >= 11 is 1.27. The molecule has 9 nitrogen and oxygen atoms in total. The van der Waals surface area contributed by atoms with Gasteiger partial charge in [0.1, 0.15) is 11.0 Å². The van der Waals surface area contributed by atoms with E-state index in [2.05, 4.69) is 26.1 Å². The van der Waals surface area contributed by atoms with Gasteiger partial charge in [0.05, 0.1) is 0 Å². The molecule has 10 heteroatoms. The molecule has 0 radical (unpaired) electrons. The molecule has 4 fully saturated rings. The highest BCUT2D eigenvalue weighted by Gasteiger charge is 2.51. The third-order valence-corrected chi connectivity index (χ3v) is 9.48. The predicted octanol–water partition coefficient (Wildman–Crippen LogP) is 4.75. The van der Waals surface area contributed by atoms with Crippen LogP contribution in [0.2, 0.25) is 0 Å². The molecule has 202 valence electrons. The monoisotopic (exact) mass is 545 g/mol. The SMILES string of the molecule is O=C(NC(Cc1ccccc1)C(=O)Nc1nnc(-c2ccc3c(c2)OCO3)s1)NC12CC3CC(CC(C3)C1)C2. The van der Waals surface area contributed by atoms with Gasteiger partial charge in [0.2, 0.25) is 17.8 Å². The largest absolute Gasteiger partial charge is 0.454 e. The van der Waals surface area contributed by atoms with Crippen LogP contribution in [0.1, 0.15) is 44.1 Å². The summed E-state index contributed by atoms with van der Waals surface area (Å²) in [6.45, 7) is 0.197. The Labute approximate surface area is 230 Å². The first kappa shape index (κ1) is 24.4. The van der Waals surface area contributed by atoms with E-state index in [1.165, 1.54) is 30.6 Å². The lowest BCUT2D eigenvalue weighted by molar-refractivity contribution is -0.118. The summed E-state index contributed by atoms with van der Waals surface area (Å²) in [5.41, 5.74) is 1.66. The number of aromatic nitrogens is 2. The average molecular weight is 546 g/mol. The van der Waals surface area contributed by atoms with Crippen molar-refractivity contribution in [2.75, 3.05) is 12.1 Å². The van der Waals surface area contributed by atoms with Crippen LogP contribution in [0.25, 0.3) is 10.6 Å². The van der Waals surface area contributed by atoms with Crippen LogP contribution in [0.4, 0.5) is 9.93 Å². The first-order valence-corrected chi connectivity index (χ1v) is 14.5. The lowest BCUT2D eigenvalue weighted by atomic mass is 9.53. The maximum absolute atomic E-state index is 13.5. The summed E-state index contributed by atoms with van der Waals surface area (Å²) in [6.07, 6.45) is 7.43. The Balaban J connectivity index is 1.05. The third-order valence-electron chi connectivity index (χ3n) is 8.60. The minimum Gasteiger partial charge on any atom is -0.454 e. The van der Waals surface area contributed by atoms with Gasteiger partial charge in [0, 0.05) is 17.5 Å². The smallest absolute Gasteiger partial charge is 0.315 e. The van der Waals surface area contributed by atoms with E-state index in [-0.39, 0.29) is 24.3 Å². The number of benzene rings is 2. The molecule has 3 amide bonds. The van der Waals surface area contributed by atoms with Crippen LogP contribution in [0.3, 0.4) is 0 Å². The van der Waals surface area contributed by atoms with Gasteiger partial charge in [-0.15, -0.1) is 10.2 Å². The molecule has 0 saturated heterocycles. The third kappa shape index (κ3) is 5.05. The van der Waals surface area contributed by atoms with Gasteiger partial charge in [-0.2, -0.15) is 0 Å². The molecule has 4 saturated carbocycles. The zero-order valence-electron chi connectivity index (χ0n) is 21.5. The zero-order chi connectivity index (χ0) is 26.4. The number of hydrogen-bond donors (Lipinski definition) is 3. The highest BCUT2D eigenvalue weighted by molar-refractivity contribution is 7.18. The van der Waals surface area contributed by atoms with E-state index in [1.807, 2.05) is 48.5 Å². The second kappa shape index (κ2) is 9.82. The first-order valence-electron chi connectivity index (χ1n) is 13.7. The van der Waals surface area contributed by atoms with E-state index < -0.39 is 6.04 Å². The van der Waals surface area contributed by atoms with Crippen LogP contribution >= 0.6 is 11.3 Å². The van der Waals surface area contributed by atoms with Crippen LogP contribution in [-0.2, 0) is 11.2 Å². The topological polar surface area (TPSA) is 114 Å². The van der Waals surface area contributed by atoms with E-state index >= 15 is 0 Å². The van der Waals surface area contributed by atoms with Crippen molar-refractivity contribution in [2.24, 2.45) is 17.8 Å². The summed E-state index contributed by atoms with van der Waals surface area (Å²) in [4.78, 5) is 26.8. The Morgan fingerprint density at radius 3 is 2.41 bits per heavy atom. The molecule has 1 unspecified atom stereocenters. The number of anilines is 1. The van der Waals surface area contributed by atoms with Gasteiger partial charge >= 0.3 is 6.03 Å². The molecular weight excluding hydrogens is 514 g/mol. The number of rotatable bonds is 7. The molecule has 1 atom stereocenters. The van der Waals surface area contributed by atoms with Crippen molar-refractivity contribution < 1.29 is 19.1 Å². The molecule has 8 rings (SSSR count). The van der Waals surface area contributed by atoms with Gasteiger partial charge < -0.3 is 20.1 Å². The molecule has 39 heavy (non-hydrogen) atoms. The van der Waals surface area contributed by atoms with Crippen molar-refractivity contribution >= 4 is 28.4 Å². The Hall–Kier alpha value is -3.66. The highest BCUT2D eigenvalue weighted by Crippen LogP contribution is 2.55. The van der Waals surface area contributed by atoms with Crippen LogP contribution in [0, 0.1) is 17.8 Å². The second-order valence-electron chi connectivity index (χ2n) is 11.5. The summed E-state index contributed by atoms with van der Waals surface area (Å²) < 4.78 is 10.8. The first-order chi connectivity index (χ1) is 19.0. The number of carbonyl (C=O) groups excluding carboxylic acids is 2. The summed E-state index contributed by atoms with van der Waals surface area (Å²) in [6, 6.07) is 14.3. The number of nitrogens with zero attached hydrogens (tertiary/aromatic N) is 2. The minimum absolute atomic E-state index is 0.134. The molecule has 4 aliphatic carbocycles. The van der Waals surface area contributed by atoms with E-state index in [1.54, 1.807) is 0 Å². The molecule has 3 N–H and O–H groups in total. The van der Waals surface area contributed by atoms with E-state index in [0.717, 1.165) is 48.1 Å². The molecule has 1 aliphatic heterocycles. The van der Waals surface area contributed by atoms with Crippen molar-refractivity contribution in [3.8, 4) is 22.1 Å². The quantitative estimate of drug-likeness (QED) is 0.395. The van der Waals surface area contributed by atoms with E-state index in [0.29, 0.717) is 28.1 Å². The fourth-order valence-electron chi connectivity index (χ4n) is 7.37. The number of nitrogens with one attached hydrogen (secondary N) is 3. The zero-order valence-corrected chi connectivity index (χ0v) is 22.3. The molecule has 2 heterocycles. The fraction of sp³-hybridized carbons (Fsp3) is 0.448. The standard InChI is InChI=1S/C29H31N5O4S/c35-25(31-28-34-33-26(39-28)21-6-7-23-24(12-21)38-16-37-23)22(11-17-4-2-1-3-5-17)30-27(36)32-29-13-18-8-19(14-29)10-20(9-18)15-29/h1-7,12,18-20,22H,8-11,13-16H2,(H2,30,32,36)(H,31,34,35). The van der Waals surface area contributed by atoms with Gasteiger partial charge in [-0.05, 0) is 80.0 Å². The summed E-state index contributed by atoms with van der Waals surface area (Å²) in [5.74, 6) is 3.18. The van der Waals surface area contributed by atoms with Crippen LogP contribution in [-0.4, -0.2) is 40.5 Å². The van der Waals surface area contributed by atoms with Crippen molar-refractivity contribution in [1.29, 1.82) is 0 Å². The second-order valence-corrected chi connectivity index (χ2v) is 12.5. The number of ether oxygens (including phenoxy) is 2. The number of fused-ring (bicyclic) bond motifs is 1. The molecule has 4 bridgehead atoms. The maximum Gasteiger partial charge on any atom is 0.315 e. The van der Waals surface area contributed by atoms with Gasteiger partial charge in [-0.25, -0.2) is 4.79 Å². The van der Waals surface area contributed by atoms with Gasteiger partial charge in [-0.1, -0.05) is 41.7 Å². The van der Waals surface area contributed by atoms with Crippen LogP contribution in [0.15, 0.2) is 48.5 Å². The molecule has 2 aromatic carbocycles.